The highest BCUT2D eigenvalue weighted by molar-refractivity contribution is 6.02. The minimum Gasteiger partial charge on any atom is -0.493 e. The van der Waals surface area contributed by atoms with Gasteiger partial charge in [0.05, 0.1) is 24.2 Å². The van der Waals surface area contributed by atoms with Crippen LogP contribution in [0.5, 0.6) is 5.75 Å². The van der Waals surface area contributed by atoms with Gasteiger partial charge >= 0.3 is 0 Å². The third kappa shape index (κ3) is 4.30. The van der Waals surface area contributed by atoms with E-state index >= 15 is 0 Å². The van der Waals surface area contributed by atoms with E-state index in [2.05, 4.69) is 61.5 Å². The molecule has 0 N–H and O–H groups in total. The topological polar surface area (TPSA) is 24.8 Å². The molecule has 0 bridgehead atoms. The van der Waals surface area contributed by atoms with Crippen molar-refractivity contribution in [3.63, 3.8) is 0 Å². The van der Waals surface area contributed by atoms with E-state index in [0.29, 0.717) is 6.61 Å². The van der Waals surface area contributed by atoms with Gasteiger partial charge in [-0.05, 0) is 47.5 Å². The van der Waals surface area contributed by atoms with Gasteiger partial charge in [0.1, 0.15) is 5.75 Å². The molecule has 0 fully saturated rings. The Labute approximate surface area is 171 Å². The molecule has 0 spiro atoms. The second kappa shape index (κ2) is 9.07. The molecule has 4 aromatic rings. The second-order valence-corrected chi connectivity index (χ2v) is 6.77. The highest BCUT2D eigenvalue weighted by atomic mass is 16.5. The summed E-state index contributed by atoms with van der Waals surface area (Å²) in [5.41, 5.74) is 3.01. The van der Waals surface area contributed by atoms with Crippen LogP contribution in [0.2, 0.25) is 0 Å². The van der Waals surface area contributed by atoms with Gasteiger partial charge in [-0.25, -0.2) is 5.01 Å². The van der Waals surface area contributed by atoms with Gasteiger partial charge in [0.25, 0.3) is 0 Å². The fraction of sp³-hybridized carbons (Fsp3) is 0.115. The lowest BCUT2D eigenvalue weighted by atomic mass is 10.0. The number of hydrogen-bond donors (Lipinski definition) is 0. The normalized spacial score (nSPS) is 11.1. The Bertz CT molecular complexity index is 1050. The number of benzene rings is 4. The van der Waals surface area contributed by atoms with Crippen molar-refractivity contribution in [2.45, 2.75) is 13.3 Å². The van der Waals surface area contributed by atoms with Crippen molar-refractivity contribution >= 4 is 28.4 Å². The molecule has 0 saturated carbocycles. The molecule has 0 aliphatic heterocycles. The zero-order valence-electron chi connectivity index (χ0n) is 16.5. The Morgan fingerprint density at radius 3 is 2.03 bits per heavy atom. The minimum atomic E-state index is 0.681. The maximum Gasteiger partial charge on any atom is 0.128 e. The zero-order chi connectivity index (χ0) is 19.9. The number of para-hydroxylation sites is 2. The molecule has 0 amide bonds. The number of rotatable bonds is 7. The number of hydrazone groups is 1. The van der Waals surface area contributed by atoms with E-state index in [4.69, 9.17) is 9.84 Å². The molecule has 0 unspecified atom stereocenters. The summed E-state index contributed by atoms with van der Waals surface area (Å²) in [6, 6.07) is 32.8. The molecule has 29 heavy (non-hydrogen) atoms. The standard InChI is InChI=1S/C26H24N2O/c1-2-19-29-26-18-17-21-11-9-10-16-24(21)25(26)20-27-28(22-12-5-3-6-13-22)23-14-7-4-8-15-23/h3-18,20H,2,19H2,1H3/b27-20-. The summed E-state index contributed by atoms with van der Waals surface area (Å²) >= 11 is 0. The summed E-state index contributed by atoms with van der Waals surface area (Å²) in [5.74, 6) is 0.857. The molecule has 0 aliphatic rings. The van der Waals surface area contributed by atoms with Crippen molar-refractivity contribution in [3.05, 3.63) is 103 Å². The first kappa shape index (κ1) is 18.8. The third-order valence-corrected chi connectivity index (χ3v) is 4.70. The molecular formula is C26H24N2O. The predicted molar refractivity (Wildman–Crippen MR) is 122 cm³/mol. The second-order valence-electron chi connectivity index (χ2n) is 6.77. The molecule has 144 valence electrons. The summed E-state index contributed by atoms with van der Waals surface area (Å²) in [6.07, 6.45) is 2.87. The Morgan fingerprint density at radius 1 is 0.759 bits per heavy atom. The Kier molecular flexibility index (Phi) is 5.87. The SMILES string of the molecule is CCCOc1ccc2ccccc2c1/C=N\N(c1ccccc1)c1ccccc1. The predicted octanol–water partition coefficient (Wildman–Crippen LogP) is 6.80. The lowest BCUT2D eigenvalue weighted by molar-refractivity contribution is 0.317. The van der Waals surface area contributed by atoms with Crippen LogP contribution in [-0.2, 0) is 0 Å². The van der Waals surface area contributed by atoms with Gasteiger partial charge in [-0.1, -0.05) is 73.7 Å². The molecule has 0 aromatic heterocycles. The number of ether oxygens (including phenoxy) is 1. The van der Waals surface area contributed by atoms with Crippen molar-refractivity contribution in [2.24, 2.45) is 5.10 Å². The molecule has 0 aliphatic carbocycles. The Hall–Kier alpha value is -3.59. The van der Waals surface area contributed by atoms with E-state index in [0.717, 1.165) is 34.5 Å². The molecule has 0 atom stereocenters. The summed E-state index contributed by atoms with van der Waals surface area (Å²) in [6.45, 7) is 2.79. The van der Waals surface area contributed by atoms with Crippen molar-refractivity contribution < 1.29 is 4.74 Å². The van der Waals surface area contributed by atoms with Crippen LogP contribution < -0.4 is 9.75 Å². The molecule has 0 heterocycles. The molecule has 4 rings (SSSR count). The van der Waals surface area contributed by atoms with Crippen LogP contribution in [0.1, 0.15) is 18.9 Å². The molecular weight excluding hydrogens is 356 g/mol. The summed E-state index contributed by atoms with van der Waals surface area (Å²) in [4.78, 5) is 0. The van der Waals surface area contributed by atoms with Crippen molar-refractivity contribution in [1.82, 2.24) is 0 Å². The van der Waals surface area contributed by atoms with Gasteiger partial charge in [-0.3, -0.25) is 0 Å². The highest BCUT2D eigenvalue weighted by Crippen LogP contribution is 2.29. The quantitative estimate of drug-likeness (QED) is 0.260. The van der Waals surface area contributed by atoms with E-state index < -0.39 is 0 Å². The van der Waals surface area contributed by atoms with Crippen molar-refractivity contribution in [3.8, 4) is 5.75 Å². The third-order valence-electron chi connectivity index (χ3n) is 4.70. The number of fused-ring (bicyclic) bond motifs is 1. The lowest BCUT2D eigenvalue weighted by Crippen LogP contribution is -2.09. The van der Waals surface area contributed by atoms with E-state index in [-0.39, 0.29) is 0 Å². The van der Waals surface area contributed by atoms with Crippen LogP contribution in [0, 0.1) is 0 Å². The van der Waals surface area contributed by atoms with Gasteiger partial charge in [0, 0.05) is 5.56 Å². The first-order valence-corrected chi connectivity index (χ1v) is 9.95. The van der Waals surface area contributed by atoms with Crippen LogP contribution >= 0.6 is 0 Å². The van der Waals surface area contributed by atoms with Crippen LogP contribution in [0.4, 0.5) is 11.4 Å². The molecule has 0 radical (unpaired) electrons. The zero-order valence-corrected chi connectivity index (χ0v) is 16.5. The van der Waals surface area contributed by atoms with Crippen LogP contribution in [0.15, 0.2) is 102 Å². The van der Waals surface area contributed by atoms with Gasteiger partial charge in [0.2, 0.25) is 0 Å². The molecule has 3 heteroatoms. The average molecular weight is 380 g/mol. The summed E-state index contributed by atoms with van der Waals surface area (Å²) < 4.78 is 6.03. The fourth-order valence-electron chi connectivity index (χ4n) is 3.28. The maximum absolute atomic E-state index is 6.03. The Balaban J connectivity index is 1.80. The van der Waals surface area contributed by atoms with Gasteiger partial charge in [-0.2, -0.15) is 5.10 Å². The molecule has 0 saturated heterocycles. The van der Waals surface area contributed by atoms with E-state index in [9.17, 15) is 0 Å². The summed E-state index contributed by atoms with van der Waals surface area (Å²) in [5, 5.41) is 9.13. The minimum absolute atomic E-state index is 0.681. The number of nitrogens with zero attached hydrogens (tertiary/aromatic N) is 2. The van der Waals surface area contributed by atoms with Gasteiger partial charge in [-0.15, -0.1) is 0 Å². The first-order chi connectivity index (χ1) is 14.4. The highest BCUT2D eigenvalue weighted by Gasteiger charge is 2.10. The van der Waals surface area contributed by atoms with Crippen LogP contribution in [-0.4, -0.2) is 12.8 Å². The maximum atomic E-state index is 6.03. The van der Waals surface area contributed by atoms with Crippen LogP contribution in [0.25, 0.3) is 10.8 Å². The average Bonchev–Trinajstić information content (AvgIpc) is 2.79. The number of anilines is 2. The fourth-order valence-corrected chi connectivity index (χ4v) is 3.28. The van der Waals surface area contributed by atoms with Gasteiger partial charge < -0.3 is 4.74 Å². The van der Waals surface area contributed by atoms with Gasteiger partial charge in [0.15, 0.2) is 0 Å². The molecule has 3 nitrogen and oxygen atoms in total. The monoisotopic (exact) mass is 380 g/mol. The lowest BCUT2D eigenvalue weighted by Gasteiger charge is -2.19. The van der Waals surface area contributed by atoms with E-state index in [1.165, 1.54) is 5.39 Å². The van der Waals surface area contributed by atoms with Crippen molar-refractivity contribution in [1.29, 1.82) is 0 Å². The van der Waals surface area contributed by atoms with E-state index in [1.54, 1.807) is 0 Å². The summed E-state index contributed by atoms with van der Waals surface area (Å²) in [7, 11) is 0. The molecule has 4 aromatic carbocycles. The number of hydrogen-bond acceptors (Lipinski definition) is 3. The van der Waals surface area contributed by atoms with E-state index in [1.807, 2.05) is 53.7 Å². The van der Waals surface area contributed by atoms with Crippen molar-refractivity contribution in [2.75, 3.05) is 11.6 Å². The Morgan fingerprint density at radius 2 is 1.38 bits per heavy atom. The smallest absolute Gasteiger partial charge is 0.128 e. The largest absolute Gasteiger partial charge is 0.493 e. The first-order valence-electron chi connectivity index (χ1n) is 9.95. The van der Waals surface area contributed by atoms with Crippen LogP contribution in [0.3, 0.4) is 0 Å².